The Balaban J connectivity index is 0.00000289. The SMILES string of the molecule is COc1ccc(C[P+](c2ccccc2C)(c2ccccc2C)c2ccccc2C)cc1.[Cl-]. The third-order valence-electron chi connectivity index (χ3n) is 6.16. The van der Waals surface area contributed by atoms with E-state index in [9.17, 15) is 0 Å². The van der Waals surface area contributed by atoms with E-state index in [2.05, 4.69) is 118 Å². The Bertz CT molecular complexity index is 1070. The molecule has 3 heteroatoms. The molecule has 0 aliphatic rings. The Morgan fingerprint density at radius 1 is 0.562 bits per heavy atom. The van der Waals surface area contributed by atoms with Crippen LogP contribution in [0, 0.1) is 20.8 Å². The number of rotatable bonds is 6. The largest absolute Gasteiger partial charge is 1.00 e. The maximum Gasteiger partial charge on any atom is 0.118 e. The highest BCUT2D eigenvalue weighted by Crippen LogP contribution is 2.60. The second-order valence-corrected chi connectivity index (χ2v) is 11.6. The molecule has 32 heavy (non-hydrogen) atoms. The van der Waals surface area contributed by atoms with E-state index in [-0.39, 0.29) is 12.4 Å². The van der Waals surface area contributed by atoms with Gasteiger partial charge in [0.2, 0.25) is 0 Å². The van der Waals surface area contributed by atoms with E-state index in [1.54, 1.807) is 7.11 Å². The summed E-state index contributed by atoms with van der Waals surface area (Å²) in [6, 6.07) is 35.5. The van der Waals surface area contributed by atoms with Crippen LogP contribution in [0.5, 0.6) is 5.75 Å². The fraction of sp³-hybridized carbons (Fsp3) is 0.172. The van der Waals surface area contributed by atoms with Crippen LogP contribution in [0.4, 0.5) is 0 Å². The first-order valence-electron chi connectivity index (χ1n) is 10.8. The summed E-state index contributed by atoms with van der Waals surface area (Å²) in [5, 5.41) is 4.40. The molecule has 4 aromatic carbocycles. The smallest absolute Gasteiger partial charge is 0.118 e. The third kappa shape index (κ3) is 4.46. The van der Waals surface area contributed by atoms with Gasteiger partial charge in [0, 0.05) is 0 Å². The number of aryl methyl sites for hydroxylation is 3. The van der Waals surface area contributed by atoms with E-state index in [4.69, 9.17) is 4.74 Å². The Morgan fingerprint density at radius 2 is 0.938 bits per heavy atom. The Morgan fingerprint density at radius 3 is 1.28 bits per heavy atom. The topological polar surface area (TPSA) is 9.23 Å². The van der Waals surface area contributed by atoms with Gasteiger partial charge >= 0.3 is 0 Å². The van der Waals surface area contributed by atoms with Gasteiger partial charge in [0.1, 0.15) is 28.9 Å². The van der Waals surface area contributed by atoms with Gasteiger partial charge in [-0.05, 0) is 73.4 Å². The van der Waals surface area contributed by atoms with Crippen LogP contribution in [-0.2, 0) is 6.16 Å². The highest BCUT2D eigenvalue weighted by molar-refractivity contribution is 7.95. The molecule has 164 valence electrons. The van der Waals surface area contributed by atoms with E-state index >= 15 is 0 Å². The van der Waals surface area contributed by atoms with Crippen molar-refractivity contribution in [3.05, 3.63) is 119 Å². The predicted octanol–water partition coefficient (Wildman–Crippen LogP) is 3.12. The van der Waals surface area contributed by atoms with E-state index in [1.165, 1.54) is 38.2 Å². The highest BCUT2D eigenvalue weighted by atomic mass is 35.5. The lowest BCUT2D eigenvalue weighted by molar-refractivity contribution is -0.00000663. The lowest BCUT2D eigenvalue weighted by Gasteiger charge is -2.31. The summed E-state index contributed by atoms with van der Waals surface area (Å²) < 4.78 is 5.42. The average Bonchev–Trinajstić information content (AvgIpc) is 2.79. The molecule has 0 radical (unpaired) electrons. The molecule has 0 bridgehead atoms. The number of ether oxygens (including phenoxy) is 1. The van der Waals surface area contributed by atoms with E-state index in [1.807, 2.05) is 0 Å². The average molecular weight is 461 g/mol. The number of benzene rings is 4. The van der Waals surface area contributed by atoms with Gasteiger partial charge in [-0.15, -0.1) is 0 Å². The Kier molecular flexibility index (Phi) is 7.77. The van der Waals surface area contributed by atoms with E-state index in [0.717, 1.165) is 11.9 Å². The Hall–Kier alpha value is -2.60. The lowest BCUT2D eigenvalue weighted by Crippen LogP contribution is -3.00. The molecule has 0 heterocycles. The van der Waals surface area contributed by atoms with Crippen molar-refractivity contribution >= 4 is 23.2 Å². The molecule has 4 aromatic rings. The monoisotopic (exact) mass is 460 g/mol. The summed E-state index contributed by atoms with van der Waals surface area (Å²) in [6.07, 6.45) is 0.984. The van der Waals surface area contributed by atoms with Gasteiger partial charge < -0.3 is 17.1 Å². The van der Waals surface area contributed by atoms with Gasteiger partial charge in [0.25, 0.3) is 0 Å². The number of halogens is 1. The van der Waals surface area contributed by atoms with Gasteiger partial charge in [-0.2, -0.15) is 0 Å². The molecule has 0 spiro atoms. The van der Waals surface area contributed by atoms with E-state index in [0.29, 0.717) is 0 Å². The molecular weight excluding hydrogens is 431 g/mol. The molecule has 0 N–H and O–H groups in total. The molecular formula is C29H30ClOP. The standard InChI is InChI=1S/C29H30OP.ClH/c1-22-11-5-8-14-27(22)31(28-15-9-6-12-23(28)2,29-16-10-7-13-24(29)3)21-25-17-19-26(30-4)20-18-25;/h5-20H,21H2,1-4H3;1H/q+1;/p-1. The molecule has 0 unspecified atom stereocenters. The summed E-state index contributed by atoms with van der Waals surface area (Å²) in [5.74, 6) is 0.898. The van der Waals surface area contributed by atoms with Crippen LogP contribution < -0.4 is 33.1 Å². The third-order valence-corrected chi connectivity index (χ3v) is 11.0. The number of methoxy groups -OCH3 is 1. The van der Waals surface area contributed by atoms with Crippen LogP contribution in [0.2, 0.25) is 0 Å². The maximum atomic E-state index is 5.42. The molecule has 0 aromatic heterocycles. The van der Waals surface area contributed by atoms with Gasteiger partial charge in [-0.3, -0.25) is 0 Å². The van der Waals surface area contributed by atoms with Crippen LogP contribution >= 0.6 is 7.26 Å². The second-order valence-electron chi connectivity index (χ2n) is 8.18. The fourth-order valence-corrected chi connectivity index (χ4v) is 9.72. The molecule has 4 rings (SSSR count). The number of hydrogen-bond acceptors (Lipinski definition) is 1. The van der Waals surface area contributed by atoms with Crippen molar-refractivity contribution in [2.75, 3.05) is 7.11 Å². The van der Waals surface area contributed by atoms with Crippen molar-refractivity contribution in [2.24, 2.45) is 0 Å². The molecule has 0 amide bonds. The molecule has 0 saturated carbocycles. The van der Waals surface area contributed by atoms with Gasteiger partial charge in [-0.1, -0.05) is 66.7 Å². The van der Waals surface area contributed by atoms with Gasteiger partial charge in [-0.25, -0.2) is 0 Å². The summed E-state index contributed by atoms with van der Waals surface area (Å²) in [5.41, 5.74) is 5.41. The molecule has 0 atom stereocenters. The molecule has 0 aliphatic heterocycles. The molecule has 1 nitrogen and oxygen atoms in total. The molecule has 0 aliphatic carbocycles. The van der Waals surface area contributed by atoms with Crippen LogP contribution in [0.3, 0.4) is 0 Å². The fourth-order valence-electron chi connectivity index (χ4n) is 4.62. The van der Waals surface area contributed by atoms with Crippen molar-refractivity contribution < 1.29 is 17.1 Å². The van der Waals surface area contributed by atoms with Crippen LogP contribution in [0.15, 0.2) is 97.1 Å². The summed E-state index contributed by atoms with van der Waals surface area (Å²) in [6.45, 7) is 6.78. The second kappa shape index (κ2) is 10.3. The van der Waals surface area contributed by atoms with Crippen LogP contribution in [0.1, 0.15) is 22.3 Å². The van der Waals surface area contributed by atoms with Crippen LogP contribution in [-0.4, -0.2) is 7.11 Å². The highest BCUT2D eigenvalue weighted by Gasteiger charge is 2.48. The normalized spacial score (nSPS) is 11.0. The van der Waals surface area contributed by atoms with Crippen molar-refractivity contribution in [2.45, 2.75) is 26.9 Å². The zero-order valence-corrected chi connectivity index (χ0v) is 20.8. The zero-order chi connectivity index (χ0) is 21.8. The zero-order valence-electron chi connectivity index (χ0n) is 19.2. The minimum atomic E-state index is -1.95. The quantitative estimate of drug-likeness (QED) is 0.402. The summed E-state index contributed by atoms with van der Waals surface area (Å²) >= 11 is 0. The Labute approximate surface area is 199 Å². The first-order chi connectivity index (χ1) is 15.1. The molecule has 0 saturated heterocycles. The van der Waals surface area contributed by atoms with Crippen LogP contribution in [0.25, 0.3) is 0 Å². The first-order valence-corrected chi connectivity index (χ1v) is 12.7. The van der Waals surface area contributed by atoms with Gasteiger partial charge in [0.05, 0.1) is 13.3 Å². The number of hydrogen-bond donors (Lipinski definition) is 0. The van der Waals surface area contributed by atoms with Crippen molar-refractivity contribution in [3.63, 3.8) is 0 Å². The lowest BCUT2D eigenvalue weighted by atomic mass is 10.2. The van der Waals surface area contributed by atoms with Crippen molar-refractivity contribution in [1.29, 1.82) is 0 Å². The predicted molar refractivity (Wildman–Crippen MR) is 136 cm³/mol. The minimum absolute atomic E-state index is 0. The summed E-state index contributed by atoms with van der Waals surface area (Å²) in [4.78, 5) is 0. The summed E-state index contributed by atoms with van der Waals surface area (Å²) in [7, 11) is -0.230. The van der Waals surface area contributed by atoms with Crippen molar-refractivity contribution in [3.8, 4) is 5.75 Å². The minimum Gasteiger partial charge on any atom is -1.00 e. The molecule has 0 fully saturated rings. The first kappa shape index (κ1) is 24.1. The maximum absolute atomic E-state index is 5.42. The van der Waals surface area contributed by atoms with Gasteiger partial charge in [0.15, 0.2) is 0 Å². The van der Waals surface area contributed by atoms with Crippen molar-refractivity contribution in [1.82, 2.24) is 0 Å². The van der Waals surface area contributed by atoms with E-state index < -0.39 is 7.26 Å².